The molecule has 3 amide bonds. The first kappa shape index (κ1) is 28.7. The van der Waals surface area contributed by atoms with Crippen LogP contribution in [0.3, 0.4) is 0 Å². The molecule has 0 aliphatic carbocycles. The second kappa shape index (κ2) is 12.2. The Morgan fingerprint density at radius 3 is 2.22 bits per heavy atom. The van der Waals surface area contributed by atoms with Crippen LogP contribution in [0.1, 0.15) is 43.2 Å². The van der Waals surface area contributed by atoms with E-state index in [1.54, 1.807) is 37.3 Å². The summed E-state index contributed by atoms with van der Waals surface area (Å²) in [5.74, 6) is -1.06. The Morgan fingerprint density at radius 1 is 0.829 bits per heavy atom. The van der Waals surface area contributed by atoms with E-state index in [1.165, 1.54) is 30.6 Å². The van der Waals surface area contributed by atoms with Crippen LogP contribution in [0, 0.1) is 6.92 Å². The standard InChI is InChI=1S/C30H24F3N5O3/c1-3-27(39)36-22-9-4-6-19(12-22)13-26-34-16-24(17-35-26)38-29(41)25-15-23(11-10-18(25)2)37-28(40)20-7-5-8-21(14-20)30(31,32)33/h3-12,14-17H,1,13H2,2H3,(H,36,39)(H,37,40)(H,38,41). The average molecular weight is 560 g/mol. The molecular weight excluding hydrogens is 535 g/mol. The third-order valence-electron chi connectivity index (χ3n) is 5.90. The number of rotatable bonds is 8. The van der Waals surface area contributed by atoms with Gasteiger partial charge in [-0.2, -0.15) is 13.2 Å². The number of benzene rings is 3. The minimum Gasteiger partial charge on any atom is -0.323 e. The van der Waals surface area contributed by atoms with Gasteiger partial charge in [-0.25, -0.2) is 9.97 Å². The van der Waals surface area contributed by atoms with Crippen LogP contribution in [0.25, 0.3) is 0 Å². The molecule has 4 rings (SSSR count). The Kier molecular flexibility index (Phi) is 8.57. The summed E-state index contributed by atoms with van der Waals surface area (Å²) in [7, 11) is 0. The van der Waals surface area contributed by atoms with Gasteiger partial charge in [-0.3, -0.25) is 14.4 Å². The molecule has 4 aromatic rings. The summed E-state index contributed by atoms with van der Waals surface area (Å²) in [6.45, 7) is 5.13. The number of carbonyl (C=O) groups excluding carboxylic acids is 3. The lowest BCUT2D eigenvalue weighted by atomic mass is 10.1. The fraction of sp³-hybridized carbons (Fsp3) is 0.100. The lowest BCUT2D eigenvalue weighted by Gasteiger charge is -2.12. The van der Waals surface area contributed by atoms with Crippen LogP contribution in [0.15, 0.2) is 91.8 Å². The maximum Gasteiger partial charge on any atom is 0.416 e. The van der Waals surface area contributed by atoms with Crippen molar-refractivity contribution in [2.45, 2.75) is 19.5 Å². The number of carbonyl (C=O) groups is 3. The molecule has 0 atom stereocenters. The number of hydrogen-bond acceptors (Lipinski definition) is 5. The van der Waals surface area contributed by atoms with E-state index in [4.69, 9.17) is 0 Å². The van der Waals surface area contributed by atoms with E-state index in [0.717, 1.165) is 23.8 Å². The maximum atomic E-state index is 13.0. The number of nitrogens with zero attached hydrogens (tertiary/aromatic N) is 2. The lowest BCUT2D eigenvalue weighted by molar-refractivity contribution is -0.137. The number of aromatic nitrogens is 2. The molecule has 11 heteroatoms. The van der Waals surface area contributed by atoms with E-state index in [2.05, 4.69) is 32.5 Å². The highest BCUT2D eigenvalue weighted by Crippen LogP contribution is 2.30. The molecule has 0 aliphatic heterocycles. The van der Waals surface area contributed by atoms with Crippen molar-refractivity contribution in [3.63, 3.8) is 0 Å². The molecule has 0 saturated carbocycles. The van der Waals surface area contributed by atoms with E-state index in [0.29, 0.717) is 29.2 Å². The topological polar surface area (TPSA) is 113 Å². The molecule has 3 aromatic carbocycles. The van der Waals surface area contributed by atoms with Crippen LogP contribution in [0.5, 0.6) is 0 Å². The number of alkyl halides is 3. The molecule has 41 heavy (non-hydrogen) atoms. The van der Waals surface area contributed by atoms with Crippen LogP contribution < -0.4 is 16.0 Å². The van der Waals surface area contributed by atoms with Crippen LogP contribution in [-0.2, 0) is 17.4 Å². The molecular formula is C30H24F3N5O3. The maximum absolute atomic E-state index is 13.0. The summed E-state index contributed by atoms with van der Waals surface area (Å²) in [4.78, 5) is 45.7. The SMILES string of the molecule is C=CC(=O)Nc1cccc(Cc2ncc(NC(=O)c3cc(NC(=O)c4cccc(C(F)(F)F)c4)ccc3C)cn2)c1. The molecule has 208 valence electrons. The van der Waals surface area contributed by atoms with E-state index in [9.17, 15) is 27.6 Å². The summed E-state index contributed by atoms with van der Waals surface area (Å²) in [5.41, 5.74) is 1.80. The number of halogens is 3. The normalized spacial score (nSPS) is 10.9. The second-order valence-electron chi connectivity index (χ2n) is 8.98. The molecule has 1 heterocycles. The zero-order chi connectivity index (χ0) is 29.6. The first-order valence-corrected chi connectivity index (χ1v) is 12.3. The summed E-state index contributed by atoms with van der Waals surface area (Å²) in [6.07, 6.45) is -0.102. The molecule has 0 aliphatic rings. The monoisotopic (exact) mass is 559 g/mol. The van der Waals surface area contributed by atoms with E-state index < -0.39 is 23.6 Å². The molecule has 0 fully saturated rings. The van der Waals surface area contributed by atoms with Crippen LogP contribution in [0.4, 0.5) is 30.2 Å². The first-order valence-electron chi connectivity index (χ1n) is 12.3. The van der Waals surface area contributed by atoms with Crippen molar-refractivity contribution in [2.24, 2.45) is 0 Å². The molecule has 0 unspecified atom stereocenters. The summed E-state index contributed by atoms with van der Waals surface area (Å²) in [5, 5.41) is 7.93. The zero-order valence-electron chi connectivity index (χ0n) is 21.8. The van der Waals surface area contributed by atoms with Crippen LogP contribution in [-0.4, -0.2) is 27.7 Å². The average Bonchev–Trinajstić information content (AvgIpc) is 2.94. The molecule has 0 bridgehead atoms. The van der Waals surface area contributed by atoms with Crippen molar-refractivity contribution in [1.29, 1.82) is 0 Å². The van der Waals surface area contributed by atoms with Gasteiger partial charge in [-0.1, -0.05) is 30.8 Å². The van der Waals surface area contributed by atoms with Crippen LogP contribution >= 0.6 is 0 Å². The van der Waals surface area contributed by atoms with Gasteiger partial charge in [0.25, 0.3) is 11.8 Å². The Labute approximate surface area is 233 Å². The quantitative estimate of drug-likeness (QED) is 0.229. The van der Waals surface area contributed by atoms with Crippen molar-refractivity contribution in [2.75, 3.05) is 16.0 Å². The fourth-order valence-corrected chi connectivity index (χ4v) is 3.83. The van der Waals surface area contributed by atoms with Gasteiger partial charge >= 0.3 is 6.18 Å². The highest BCUT2D eigenvalue weighted by atomic mass is 19.4. The van der Waals surface area contributed by atoms with Crippen molar-refractivity contribution in [3.8, 4) is 0 Å². The number of nitrogens with one attached hydrogen (secondary N) is 3. The molecule has 1 aromatic heterocycles. The molecule has 8 nitrogen and oxygen atoms in total. The van der Waals surface area contributed by atoms with Crippen molar-refractivity contribution >= 4 is 34.8 Å². The summed E-state index contributed by atoms with van der Waals surface area (Å²) in [6, 6.07) is 15.9. The smallest absolute Gasteiger partial charge is 0.323 e. The minimum absolute atomic E-state index is 0.170. The van der Waals surface area contributed by atoms with Gasteiger partial charge in [0, 0.05) is 28.9 Å². The van der Waals surface area contributed by atoms with Crippen molar-refractivity contribution < 1.29 is 27.6 Å². The van der Waals surface area contributed by atoms with E-state index in [1.807, 2.05) is 6.07 Å². The largest absolute Gasteiger partial charge is 0.416 e. The third kappa shape index (κ3) is 7.63. The van der Waals surface area contributed by atoms with Gasteiger partial charge in [0.05, 0.1) is 23.6 Å². The number of anilines is 3. The van der Waals surface area contributed by atoms with Gasteiger partial charge in [0.1, 0.15) is 5.82 Å². The third-order valence-corrected chi connectivity index (χ3v) is 5.90. The predicted molar refractivity (Wildman–Crippen MR) is 149 cm³/mol. The molecule has 0 radical (unpaired) electrons. The van der Waals surface area contributed by atoms with Gasteiger partial charge in [-0.05, 0) is 66.6 Å². The van der Waals surface area contributed by atoms with Gasteiger partial charge in [0.15, 0.2) is 0 Å². The van der Waals surface area contributed by atoms with Gasteiger partial charge in [0.2, 0.25) is 5.91 Å². The highest BCUT2D eigenvalue weighted by molar-refractivity contribution is 6.08. The van der Waals surface area contributed by atoms with Gasteiger partial charge < -0.3 is 16.0 Å². The van der Waals surface area contributed by atoms with Crippen molar-refractivity contribution in [1.82, 2.24) is 9.97 Å². The summed E-state index contributed by atoms with van der Waals surface area (Å²) >= 11 is 0. The molecule has 3 N–H and O–H groups in total. The Bertz CT molecular complexity index is 1620. The van der Waals surface area contributed by atoms with Gasteiger partial charge in [-0.15, -0.1) is 0 Å². The highest BCUT2D eigenvalue weighted by Gasteiger charge is 2.31. The van der Waals surface area contributed by atoms with E-state index in [-0.39, 0.29) is 22.7 Å². The lowest BCUT2D eigenvalue weighted by Crippen LogP contribution is -2.17. The number of amides is 3. The Balaban J connectivity index is 1.41. The fourth-order valence-electron chi connectivity index (χ4n) is 3.83. The van der Waals surface area contributed by atoms with Crippen LogP contribution in [0.2, 0.25) is 0 Å². The second-order valence-corrected chi connectivity index (χ2v) is 8.98. The number of hydrogen-bond donors (Lipinski definition) is 3. The summed E-state index contributed by atoms with van der Waals surface area (Å²) < 4.78 is 39.0. The Morgan fingerprint density at radius 2 is 1.51 bits per heavy atom. The minimum atomic E-state index is -4.58. The first-order chi connectivity index (χ1) is 19.5. The van der Waals surface area contributed by atoms with Crippen molar-refractivity contribution in [3.05, 3.63) is 125 Å². The molecule has 0 saturated heterocycles. The molecule has 0 spiro atoms. The Hall–Kier alpha value is -5.32. The number of aryl methyl sites for hydroxylation is 1. The zero-order valence-corrected chi connectivity index (χ0v) is 21.8. The predicted octanol–water partition coefficient (Wildman–Crippen LogP) is 6.02. The van der Waals surface area contributed by atoms with E-state index >= 15 is 0 Å².